The first-order valence-electron chi connectivity index (χ1n) is 5.90. The monoisotopic (exact) mass is 266 g/mol. The summed E-state index contributed by atoms with van der Waals surface area (Å²) in [5, 5.41) is 13.4. The van der Waals surface area contributed by atoms with Gasteiger partial charge in [-0.25, -0.2) is 4.79 Å². The van der Waals surface area contributed by atoms with Crippen LogP contribution in [0.3, 0.4) is 0 Å². The maximum atomic E-state index is 11.5. The summed E-state index contributed by atoms with van der Waals surface area (Å²) in [4.78, 5) is 21.8. The summed E-state index contributed by atoms with van der Waals surface area (Å²) in [7, 11) is 0. The van der Waals surface area contributed by atoms with Gasteiger partial charge in [0.05, 0.1) is 4.92 Å². The lowest BCUT2D eigenvalue weighted by Gasteiger charge is -2.19. The molecule has 0 heterocycles. The molecule has 0 aliphatic carbocycles. The van der Waals surface area contributed by atoms with Crippen molar-refractivity contribution in [3.05, 3.63) is 39.4 Å². The maximum absolute atomic E-state index is 11.5. The van der Waals surface area contributed by atoms with Crippen molar-refractivity contribution in [2.45, 2.75) is 39.8 Å². The molecule has 0 radical (unpaired) electrons. The average Bonchev–Trinajstić information content (AvgIpc) is 2.24. The molecule has 0 aliphatic rings. The Morgan fingerprint density at radius 2 is 2.05 bits per heavy atom. The molecule has 0 bridgehead atoms. The second kappa shape index (κ2) is 5.69. The van der Waals surface area contributed by atoms with Crippen LogP contribution >= 0.6 is 0 Å². The molecule has 6 nitrogen and oxygen atoms in total. The lowest BCUT2D eigenvalue weighted by atomic mass is 10.1. The van der Waals surface area contributed by atoms with Gasteiger partial charge in [0.15, 0.2) is 0 Å². The first-order chi connectivity index (χ1) is 8.70. The summed E-state index contributed by atoms with van der Waals surface area (Å²) < 4.78 is 5.09. The molecule has 0 saturated carbocycles. The minimum absolute atomic E-state index is 0.0449. The van der Waals surface area contributed by atoms with Gasteiger partial charge in [0.1, 0.15) is 5.60 Å². The number of rotatable bonds is 3. The highest BCUT2D eigenvalue weighted by Crippen LogP contribution is 2.20. The first-order valence-corrected chi connectivity index (χ1v) is 5.90. The molecule has 1 N–H and O–H groups in total. The molecule has 0 saturated heterocycles. The minimum atomic E-state index is -0.568. The Hall–Kier alpha value is -2.11. The quantitative estimate of drug-likeness (QED) is 0.673. The van der Waals surface area contributed by atoms with Crippen LogP contribution in [-0.2, 0) is 11.3 Å². The average molecular weight is 266 g/mol. The van der Waals surface area contributed by atoms with E-state index in [1.807, 2.05) is 0 Å². The van der Waals surface area contributed by atoms with E-state index in [4.69, 9.17) is 4.74 Å². The highest BCUT2D eigenvalue weighted by atomic mass is 16.6. The third-order valence-corrected chi connectivity index (χ3v) is 2.44. The fourth-order valence-electron chi connectivity index (χ4n) is 1.54. The molecule has 104 valence electrons. The molecule has 0 aliphatic heterocycles. The van der Waals surface area contributed by atoms with Crippen molar-refractivity contribution in [3.8, 4) is 0 Å². The van der Waals surface area contributed by atoms with Crippen LogP contribution in [0, 0.1) is 17.0 Å². The van der Waals surface area contributed by atoms with Crippen LogP contribution in [0.25, 0.3) is 0 Å². The molecule has 1 amide bonds. The van der Waals surface area contributed by atoms with E-state index >= 15 is 0 Å². The summed E-state index contributed by atoms with van der Waals surface area (Å²) in [5.41, 5.74) is 0.717. The van der Waals surface area contributed by atoms with Crippen molar-refractivity contribution < 1.29 is 14.5 Å². The normalized spacial score (nSPS) is 10.9. The van der Waals surface area contributed by atoms with Crippen LogP contribution in [0.4, 0.5) is 10.5 Å². The number of benzene rings is 1. The van der Waals surface area contributed by atoms with Crippen LogP contribution in [0.15, 0.2) is 18.2 Å². The van der Waals surface area contributed by atoms with Crippen LogP contribution < -0.4 is 5.32 Å². The largest absolute Gasteiger partial charge is 0.444 e. The molecular weight excluding hydrogens is 248 g/mol. The van der Waals surface area contributed by atoms with E-state index in [1.54, 1.807) is 39.8 Å². The number of hydrogen-bond donors (Lipinski definition) is 1. The number of hydrogen-bond acceptors (Lipinski definition) is 4. The Bertz CT molecular complexity index is 492. The summed E-state index contributed by atoms with van der Waals surface area (Å²) >= 11 is 0. The number of alkyl carbamates (subject to hydrolysis) is 1. The second-order valence-corrected chi connectivity index (χ2v) is 5.17. The van der Waals surface area contributed by atoms with Crippen LogP contribution in [0.5, 0.6) is 0 Å². The molecule has 1 aromatic carbocycles. The second-order valence-electron chi connectivity index (χ2n) is 5.17. The number of nitro groups is 1. The standard InChI is InChI=1S/C13H18N2O4/c1-9-10(6-5-7-11(9)15(17)18)8-14-12(16)19-13(2,3)4/h5-7H,8H2,1-4H3,(H,14,16). The van der Waals surface area contributed by atoms with Crippen molar-refractivity contribution in [2.75, 3.05) is 0 Å². The van der Waals surface area contributed by atoms with Gasteiger partial charge in [0.2, 0.25) is 0 Å². The van der Waals surface area contributed by atoms with Crippen molar-refractivity contribution >= 4 is 11.8 Å². The highest BCUT2D eigenvalue weighted by Gasteiger charge is 2.17. The maximum Gasteiger partial charge on any atom is 0.407 e. The number of amides is 1. The van der Waals surface area contributed by atoms with E-state index < -0.39 is 16.6 Å². The van der Waals surface area contributed by atoms with Crippen LogP contribution in [-0.4, -0.2) is 16.6 Å². The fraction of sp³-hybridized carbons (Fsp3) is 0.462. The SMILES string of the molecule is Cc1c(CNC(=O)OC(C)(C)C)cccc1[N+](=O)[O-]. The Morgan fingerprint density at radius 3 is 2.58 bits per heavy atom. The molecule has 1 aromatic rings. The molecule has 0 aromatic heterocycles. The Kier molecular flexibility index (Phi) is 4.47. The Labute approximate surface area is 111 Å². The third-order valence-electron chi connectivity index (χ3n) is 2.44. The van der Waals surface area contributed by atoms with E-state index in [1.165, 1.54) is 6.07 Å². The Morgan fingerprint density at radius 1 is 1.42 bits per heavy atom. The van der Waals surface area contributed by atoms with Gasteiger partial charge in [-0.3, -0.25) is 10.1 Å². The summed E-state index contributed by atoms with van der Waals surface area (Å²) in [6, 6.07) is 4.77. The predicted octanol–water partition coefficient (Wildman–Crippen LogP) is 2.93. The van der Waals surface area contributed by atoms with Gasteiger partial charge < -0.3 is 10.1 Å². The number of carbonyl (C=O) groups excluding carboxylic acids is 1. The van der Waals surface area contributed by atoms with E-state index in [2.05, 4.69) is 5.32 Å². The zero-order valence-corrected chi connectivity index (χ0v) is 11.5. The fourth-order valence-corrected chi connectivity index (χ4v) is 1.54. The summed E-state index contributed by atoms with van der Waals surface area (Å²) in [6.45, 7) is 7.16. The van der Waals surface area contributed by atoms with Crippen molar-refractivity contribution in [3.63, 3.8) is 0 Å². The van der Waals surface area contributed by atoms with E-state index in [9.17, 15) is 14.9 Å². The van der Waals surface area contributed by atoms with Crippen molar-refractivity contribution in [2.24, 2.45) is 0 Å². The molecule has 6 heteroatoms. The zero-order valence-electron chi connectivity index (χ0n) is 11.5. The number of ether oxygens (including phenoxy) is 1. The first kappa shape index (κ1) is 14.9. The molecule has 0 fully saturated rings. The summed E-state index contributed by atoms with van der Waals surface area (Å²) in [6.07, 6.45) is -0.543. The lowest BCUT2D eigenvalue weighted by molar-refractivity contribution is -0.385. The van der Waals surface area contributed by atoms with Crippen molar-refractivity contribution in [1.82, 2.24) is 5.32 Å². The zero-order chi connectivity index (χ0) is 14.6. The highest BCUT2D eigenvalue weighted by molar-refractivity contribution is 5.67. The lowest BCUT2D eigenvalue weighted by Crippen LogP contribution is -2.32. The van der Waals surface area contributed by atoms with E-state index in [0.29, 0.717) is 11.1 Å². The molecule has 0 unspecified atom stereocenters. The predicted molar refractivity (Wildman–Crippen MR) is 70.9 cm³/mol. The molecule has 19 heavy (non-hydrogen) atoms. The topological polar surface area (TPSA) is 81.5 Å². The van der Waals surface area contributed by atoms with Gasteiger partial charge >= 0.3 is 6.09 Å². The van der Waals surface area contributed by atoms with Gasteiger partial charge in [0, 0.05) is 18.2 Å². The van der Waals surface area contributed by atoms with Crippen LogP contribution in [0.2, 0.25) is 0 Å². The van der Waals surface area contributed by atoms with Gasteiger partial charge in [-0.1, -0.05) is 12.1 Å². The smallest absolute Gasteiger partial charge is 0.407 e. The van der Waals surface area contributed by atoms with Gasteiger partial charge in [-0.05, 0) is 33.3 Å². The molecule has 0 spiro atoms. The molecule has 1 rings (SSSR count). The van der Waals surface area contributed by atoms with Gasteiger partial charge in [-0.2, -0.15) is 0 Å². The third kappa shape index (κ3) is 4.57. The number of nitrogens with one attached hydrogen (secondary N) is 1. The molecule has 0 atom stereocenters. The van der Waals surface area contributed by atoms with Crippen molar-refractivity contribution in [1.29, 1.82) is 0 Å². The number of carbonyl (C=O) groups is 1. The Balaban J connectivity index is 2.71. The number of nitro benzene ring substituents is 1. The number of nitrogens with zero attached hydrogens (tertiary/aromatic N) is 1. The van der Waals surface area contributed by atoms with E-state index in [-0.39, 0.29) is 12.2 Å². The van der Waals surface area contributed by atoms with Crippen LogP contribution in [0.1, 0.15) is 31.9 Å². The van der Waals surface area contributed by atoms with Gasteiger partial charge in [-0.15, -0.1) is 0 Å². The molecular formula is C13H18N2O4. The van der Waals surface area contributed by atoms with Gasteiger partial charge in [0.25, 0.3) is 5.69 Å². The minimum Gasteiger partial charge on any atom is -0.444 e. The summed E-state index contributed by atoms with van der Waals surface area (Å²) in [5.74, 6) is 0. The van der Waals surface area contributed by atoms with E-state index in [0.717, 1.165) is 0 Å².